The highest BCUT2D eigenvalue weighted by Gasteiger charge is 2.43. The Balaban J connectivity index is 2.34. The molecule has 0 saturated heterocycles. The number of aromatic nitrogens is 1. The fourth-order valence-corrected chi connectivity index (χ4v) is 3.51. The van der Waals surface area contributed by atoms with Gasteiger partial charge < -0.3 is 4.98 Å². The monoisotopic (exact) mass is 417 g/mol. The average Bonchev–Trinajstić information content (AvgIpc) is 3.19. The summed E-state index contributed by atoms with van der Waals surface area (Å²) in [6, 6.07) is 7.48. The SMILES string of the molecule is O=[N+]([O-])c1ccc(-c2c(C(F)(F)F)[nH]c(-c3ccc(Cl)cc3)c2[N+](=O)[O-])s1. The number of aromatic amines is 1. The number of nitrogens with one attached hydrogen (secondary N) is 1. The summed E-state index contributed by atoms with van der Waals surface area (Å²) in [5, 5.41) is 22.3. The minimum Gasteiger partial charge on any atom is -0.345 e. The summed E-state index contributed by atoms with van der Waals surface area (Å²) in [6.07, 6.45) is -4.94. The standard InChI is InChI=1S/C15H7ClF3N3O4S/c16-8-3-1-7(2-4-8)12-13(22(25)26)11(14(20-12)15(17,18)19)9-5-6-10(27-9)21(23)24/h1-6,20H. The highest BCUT2D eigenvalue weighted by atomic mass is 35.5. The van der Waals surface area contributed by atoms with Gasteiger partial charge in [0, 0.05) is 16.7 Å². The van der Waals surface area contributed by atoms with Gasteiger partial charge in [0.1, 0.15) is 17.0 Å². The molecule has 3 aromatic rings. The van der Waals surface area contributed by atoms with E-state index in [1.165, 1.54) is 24.3 Å². The molecule has 0 spiro atoms. The van der Waals surface area contributed by atoms with Crippen LogP contribution in [0.25, 0.3) is 21.7 Å². The van der Waals surface area contributed by atoms with Gasteiger partial charge in [-0.05, 0) is 18.2 Å². The van der Waals surface area contributed by atoms with Crippen LogP contribution in [0.4, 0.5) is 23.9 Å². The fourth-order valence-electron chi connectivity index (χ4n) is 2.51. The van der Waals surface area contributed by atoms with Crippen molar-refractivity contribution in [2.24, 2.45) is 0 Å². The van der Waals surface area contributed by atoms with Gasteiger partial charge >= 0.3 is 16.9 Å². The number of H-pyrrole nitrogens is 1. The Morgan fingerprint density at radius 3 is 2.11 bits per heavy atom. The lowest BCUT2D eigenvalue weighted by Crippen LogP contribution is -2.07. The van der Waals surface area contributed by atoms with Crippen LogP contribution in [0.1, 0.15) is 5.69 Å². The van der Waals surface area contributed by atoms with Gasteiger partial charge in [-0.3, -0.25) is 20.2 Å². The lowest BCUT2D eigenvalue weighted by molar-refractivity contribution is -0.383. The number of benzene rings is 1. The molecule has 0 aliphatic carbocycles. The first-order valence-corrected chi connectivity index (χ1v) is 8.27. The van der Waals surface area contributed by atoms with E-state index in [9.17, 15) is 33.4 Å². The second-order valence-corrected chi connectivity index (χ2v) is 6.75. The number of nitrogens with zero attached hydrogens (tertiary/aromatic N) is 2. The van der Waals surface area contributed by atoms with Crippen molar-refractivity contribution in [3.63, 3.8) is 0 Å². The number of rotatable bonds is 4. The van der Waals surface area contributed by atoms with Gasteiger partial charge in [0.25, 0.3) is 0 Å². The molecule has 2 aromatic heterocycles. The van der Waals surface area contributed by atoms with Crippen LogP contribution in [-0.4, -0.2) is 14.8 Å². The molecular formula is C15H7ClF3N3O4S. The molecule has 0 radical (unpaired) electrons. The van der Waals surface area contributed by atoms with Crippen molar-refractivity contribution in [1.82, 2.24) is 4.98 Å². The normalized spacial score (nSPS) is 11.6. The highest BCUT2D eigenvalue weighted by Crippen LogP contribution is 2.49. The second-order valence-electron chi connectivity index (χ2n) is 5.26. The molecule has 27 heavy (non-hydrogen) atoms. The number of hydrogen-bond acceptors (Lipinski definition) is 5. The molecule has 0 fully saturated rings. The van der Waals surface area contributed by atoms with Crippen LogP contribution >= 0.6 is 22.9 Å². The Morgan fingerprint density at radius 1 is 1.00 bits per heavy atom. The maximum Gasteiger partial charge on any atom is 0.432 e. The average molecular weight is 418 g/mol. The molecule has 3 rings (SSSR count). The summed E-state index contributed by atoms with van der Waals surface area (Å²) in [5.74, 6) is 0. The van der Waals surface area contributed by atoms with E-state index in [1.807, 2.05) is 0 Å². The Morgan fingerprint density at radius 2 is 1.63 bits per heavy atom. The van der Waals surface area contributed by atoms with E-state index in [-0.39, 0.29) is 16.1 Å². The van der Waals surface area contributed by atoms with Crippen molar-refractivity contribution < 1.29 is 23.0 Å². The van der Waals surface area contributed by atoms with Gasteiger partial charge in [-0.15, -0.1) is 0 Å². The largest absolute Gasteiger partial charge is 0.432 e. The highest BCUT2D eigenvalue weighted by molar-refractivity contribution is 7.18. The minimum atomic E-state index is -4.94. The molecular weight excluding hydrogens is 411 g/mol. The van der Waals surface area contributed by atoms with Crippen LogP contribution in [0.15, 0.2) is 36.4 Å². The van der Waals surface area contributed by atoms with Gasteiger partial charge in [0.15, 0.2) is 0 Å². The number of hydrogen-bond donors (Lipinski definition) is 1. The van der Waals surface area contributed by atoms with Crippen LogP contribution < -0.4 is 0 Å². The zero-order valence-corrected chi connectivity index (χ0v) is 14.5. The summed E-state index contributed by atoms with van der Waals surface area (Å²) in [4.78, 5) is 22.6. The molecule has 1 aromatic carbocycles. The van der Waals surface area contributed by atoms with E-state index < -0.39 is 38.0 Å². The number of halogens is 4. The van der Waals surface area contributed by atoms with Crippen molar-refractivity contribution in [2.45, 2.75) is 6.18 Å². The maximum absolute atomic E-state index is 13.5. The Hall–Kier alpha value is -2.92. The van der Waals surface area contributed by atoms with Crippen molar-refractivity contribution >= 4 is 33.6 Å². The van der Waals surface area contributed by atoms with E-state index in [2.05, 4.69) is 4.98 Å². The van der Waals surface area contributed by atoms with Gasteiger partial charge in [-0.1, -0.05) is 35.1 Å². The van der Waals surface area contributed by atoms with Gasteiger partial charge in [0.05, 0.1) is 14.7 Å². The third-order valence-electron chi connectivity index (χ3n) is 3.59. The van der Waals surface area contributed by atoms with Crippen LogP contribution in [0.2, 0.25) is 5.02 Å². The van der Waals surface area contributed by atoms with Crippen molar-refractivity contribution in [3.8, 4) is 21.7 Å². The Kier molecular flexibility index (Phi) is 4.66. The Labute approximate surface area is 157 Å². The van der Waals surface area contributed by atoms with Gasteiger partial charge in [-0.2, -0.15) is 13.2 Å². The lowest BCUT2D eigenvalue weighted by Gasteiger charge is -2.05. The van der Waals surface area contributed by atoms with E-state index in [0.29, 0.717) is 16.4 Å². The summed E-state index contributed by atoms with van der Waals surface area (Å²) in [7, 11) is 0. The molecule has 7 nitrogen and oxygen atoms in total. The summed E-state index contributed by atoms with van der Waals surface area (Å²) in [6.45, 7) is 0. The molecule has 0 aliphatic heterocycles. The first-order valence-electron chi connectivity index (χ1n) is 7.07. The molecule has 140 valence electrons. The number of thiophene rings is 1. The van der Waals surface area contributed by atoms with E-state index in [0.717, 1.165) is 12.1 Å². The third-order valence-corrected chi connectivity index (χ3v) is 4.90. The predicted molar refractivity (Wildman–Crippen MR) is 92.9 cm³/mol. The number of nitro groups is 2. The third kappa shape index (κ3) is 3.51. The quantitative estimate of drug-likeness (QED) is 0.421. The van der Waals surface area contributed by atoms with Crippen LogP contribution in [0.5, 0.6) is 0 Å². The second kappa shape index (κ2) is 6.67. The molecule has 0 atom stereocenters. The molecule has 0 bridgehead atoms. The smallest absolute Gasteiger partial charge is 0.345 e. The lowest BCUT2D eigenvalue weighted by atomic mass is 10.1. The molecule has 1 N–H and O–H groups in total. The first-order chi connectivity index (χ1) is 12.6. The van der Waals surface area contributed by atoms with Crippen molar-refractivity contribution in [3.05, 3.63) is 67.3 Å². The van der Waals surface area contributed by atoms with Crippen molar-refractivity contribution in [1.29, 1.82) is 0 Å². The fraction of sp³-hybridized carbons (Fsp3) is 0.0667. The molecule has 0 amide bonds. The van der Waals surface area contributed by atoms with Crippen LogP contribution in [0.3, 0.4) is 0 Å². The van der Waals surface area contributed by atoms with Crippen LogP contribution in [-0.2, 0) is 6.18 Å². The van der Waals surface area contributed by atoms with E-state index in [4.69, 9.17) is 11.6 Å². The Bertz CT molecular complexity index is 1040. The molecule has 12 heteroatoms. The number of alkyl halides is 3. The maximum atomic E-state index is 13.5. The van der Waals surface area contributed by atoms with Crippen molar-refractivity contribution in [2.75, 3.05) is 0 Å². The van der Waals surface area contributed by atoms with Gasteiger partial charge in [-0.25, -0.2) is 0 Å². The summed E-state index contributed by atoms with van der Waals surface area (Å²) < 4.78 is 40.6. The van der Waals surface area contributed by atoms with Crippen LogP contribution in [0, 0.1) is 20.2 Å². The zero-order chi connectivity index (χ0) is 19.9. The zero-order valence-electron chi connectivity index (χ0n) is 12.9. The molecule has 0 unspecified atom stereocenters. The minimum absolute atomic E-state index is 0.119. The molecule has 0 saturated carbocycles. The summed E-state index contributed by atoms with van der Waals surface area (Å²) in [5.41, 5.74) is -3.16. The molecule has 2 heterocycles. The first kappa shape index (κ1) is 18.9. The van der Waals surface area contributed by atoms with E-state index >= 15 is 0 Å². The van der Waals surface area contributed by atoms with E-state index in [1.54, 1.807) is 0 Å². The molecule has 0 aliphatic rings. The predicted octanol–water partition coefficient (Wildman–Crippen LogP) is 5.90. The van der Waals surface area contributed by atoms with Gasteiger partial charge in [0.2, 0.25) is 0 Å². The topological polar surface area (TPSA) is 102 Å². The summed E-state index contributed by atoms with van der Waals surface area (Å²) >= 11 is 6.17.